The molecule has 0 spiro atoms. The molecule has 3 rings (SSSR count). The molecule has 0 atom stereocenters. The predicted octanol–water partition coefficient (Wildman–Crippen LogP) is 4.15. The molecule has 0 bridgehead atoms. The molecule has 0 radical (unpaired) electrons. The minimum atomic E-state index is -0.328. The molecule has 1 aromatic heterocycles. The minimum absolute atomic E-state index is 0.328. The van der Waals surface area contributed by atoms with Crippen molar-refractivity contribution < 1.29 is 9.53 Å². The molecule has 0 saturated carbocycles. The average molecular weight is 371 g/mol. The van der Waals surface area contributed by atoms with Gasteiger partial charge < -0.3 is 9.30 Å². The second-order valence-corrected chi connectivity index (χ2v) is 5.99. The normalized spacial score (nSPS) is 10.5. The van der Waals surface area contributed by atoms with Gasteiger partial charge in [-0.3, -0.25) is 0 Å². The Labute approximate surface area is 142 Å². The zero-order chi connectivity index (χ0) is 16.2. The van der Waals surface area contributed by atoms with E-state index in [0.29, 0.717) is 12.1 Å². The molecule has 0 fully saturated rings. The highest BCUT2D eigenvalue weighted by Gasteiger charge is 2.09. The van der Waals surface area contributed by atoms with E-state index in [1.165, 1.54) is 7.11 Å². The van der Waals surface area contributed by atoms with Crippen molar-refractivity contribution in [3.8, 4) is 11.4 Å². The molecule has 5 heteroatoms. The summed E-state index contributed by atoms with van der Waals surface area (Å²) >= 11 is 3.44. The van der Waals surface area contributed by atoms with Crippen LogP contribution in [-0.4, -0.2) is 22.6 Å². The Hall–Kier alpha value is -2.40. The fraction of sp³-hybridized carbons (Fsp3) is 0.111. The third-order valence-electron chi connectivity index (χ3n) is 3.52. The van der Waals surface area contributed by atoms with Gasteiger partial charge in [-0.25, -0.2) is 9.78 Å². The fourth-order valence-corrected chi connectivity index (χ4v) is 2.67. The maximum absolute atomic E-state index is 11.6. The van der Waals surface area contributed by atoms with E-state index in [2.05, 4.69) is 25.5 Å². The number of hydrogen-bond donors (Lipinski definition) is 0. The van der Waals surface area contributed by atoms with Crippen molar-refractivity contribution in [3.63, 3.8) is 0 Å². The van der Waals surface area contributed by atoms with Crippen LogP contribution >= 0.6 is 15.9 Å². The lowest BCUT2D eigenvalue weighted by molar-refractivity contribution is 0.0600. The van der Waals surface area contributed by atoms with Gasteiger partial charge in [-0.05, 0) is 29.8 Å². The van der Waals surface area contributed by atoms with Crippen molar-refractivity contribution in [3.05, 3.63) is 76.5 Å². The molecular weight excluding hydrogens is 356 g/mol. The number of aromatic nitrogens is 2. The molecule has 0 aliphatic carbocycles. The standard InChI is InChI=1S/C18H15BrN2O2/c1-23-18(22)15-4-2-3-13(11-15)12-21-10-9-20-17(21)14-5-7-16(19)8-6-14/h2-11H,12H2,1H3. The number of methoxy groups -OCH3 is 1. The topological polar surface area (TPSA) is 44.1 Å². The van der Waals surface area contributed by atoms with Gasteiger partial charge in [0.2, 0.25) is 0 Å². The third kappa shape index (κ3) is 3.51. The van der Waals surface area contributed by atoms with Crippen LogP contribution in [0.5, 0.6) is 0 Å². The molecule has 3 aromatic rings. The molecule has 0 amide bonds. The summed E-state index contributed by atoms with van der Waals surface area (Å²) < 4.78 is 7.86. The Morgan fingerprint density at radius 3 is 2.74 bits per heavy atom. The van der Waals surface area contributed by atoms with E-state index >= 15 is 0 Å². The Balaban J connectivity index is 1.89. The van der Waals surface area contributed by atoms with E-state index in [9.17, 15) is 4.79 Å². The summed E-state index contributed by atoms with van der Waals surface area (Å²) in [5.41, 5.74) is 2.61. The van der Waals surface area contributed by atoms with Gasteiger partial charge in [0.15, 0.2) is 0 Å². The van der Waals surface area contributed by atoms with Crippen LogP contribution in [0.3, 0.4) is 0 Å². The monoisotopic (exact) mass is 370 g/mol. The maximum Gasteiger partial charge on any atom is 0.337 e. The van der Waals surface area contributed by atoms with Crippen molar-refractivity contribution in [2.24, 2.45) is 0 Å². The van der Waals surface area contributed by atoms with Crippen LogP contribution in [0.15, 0.2) is 65.4 Å². The number of halogens is 1. The maximum atomic E-state index is 11.6. The Morgan fingerprint density at radius 1 is 1.22 bits per heavy atom. The second kappa shape index (κ2) is 6.79. The van der Waals surface area contributed by atoms with Crippen LogP contribution in [-0.2, 0) is 11.3 Å². The quantitative estimate of drug-likeness (QED) is 0.648. The SMILES string of the molecule is COC(=O)c1cccc(Cn2ccnc2-c2ccc(Br)cc2)c1. The van der Waals surface area contributed by atoms with Crippen LogP contribution in [0, 0.1) is 0 Å². The lowest BCUT2D eigenvalue weighted by Crippen LogP contribution is -2.05. The summed E-state index contributed by atoms with van der Waals surface area (Å²) in [6, 6.07) is 15.5. The minimum Gasteiger partial charge on any atom is -0.465 e. The third-order valence-corrected chi connectivity index (χ3v) is 4.05. The van der Waals surface area contributed by atoms with Crippen LogP contribution in [0.1, 0.15) is 15.9 Å². The smallest absolute Gasteiger partial charge is 0.337 e. The fourth-order valence-electron chi connectivity index (χ4n) is 2.41. The van der Waals surface area contributed by atoms with Gasteiger partial charge in [0, 0.05) is 29.0 Å². The molecular formula is C18H15BrN2O2. The number of carbonyl (C=O) groups is 1. The first-order chi connectivity index (χ1) is 11.2. The highest BCUT2D eigenvalue weighted by Crippen LogP contribution is 2.21. The van der Waals surface area contributed by atoms with Crippen LogP contribution in [0.4, 0.5) is 0 Å². The molecule has 0 saturated heterocycles. The van der Waals surface area contributed by atoms with Crippen molar-refractivity contribution in [1.82, 2.24) is 9.55 Å². The number of benzene rings is 2. The lowest BCUT2D eigenvalue weighted by atomic mass is 10.1. The molecule has 23 heavy (non-hydrogen) atoms. The summed E-state index contributed by atoms with van der Waals surface area (Å²) in [4.78, 5) is 16.1. The molecule has 0 aliphatic heterocycles. The first-order valence-corrected chi connectivity index (χ1v) is 7.91. The van der Waals surface area contributed by atoms with Gasteiger partial charge in [-0.2, -0.15) is 0 Å². The number of hydrogen-bond acceptors (Lipinski definition) is 3. The van der Waals surface area contributed by atoms with Crippen molar-refractivity contribution in [2.75, 3.05) is 7.11 Å². The van der Waals surface area contributed by atoms with E-state index in [1.54, 1.807) is 12.3 Å². The first-order valence-electron chi connectivity index (χ1n) is 7.11. The molecule has 4 nitrogen and oxygen atoms in total. The van der Waals surface area contributed by atoms with Crippen LogP contribution < -0.4 is 0 Å². The average Bonchev–Trinajstić information content (AvgIpc) is 3.03. The van der Waals surface area contributed by atoms with E-state index in [-0.39, 0.29) is 5.97 Å². The number of ether oxygens (including phenoxy) is 1. The largest absolute Gasteiger partial charge is 0.465 e. The zero-order valence-electron chi connectivity index (χ0n) is 12.6. The molecule has 0 unspecified atom stereocenters. The Morgan fingerprint density at radius 2 is 2.00 bits per heavy atom. The molecule has 0 N–H and O–H groups in total. The summed E-state index contributed by atoms with van der Waals surface area (Å²) in [5.74, 6) is 0.562. The van der Waals surface area contributed by atoms with Gasteiger partial charge >= 0.3 is 5.97 Å². The highest BCUT2D eigenvalue weighted by atomic mass is 79.9. The van der Waals surface area contributed by atoms with Gasteiger partial charge in [-0.1, -0.05) is 40.2 Å². The summed E-state index contributed by atoms with van der Waals surface area (Å²) in [6.07, 6.45) is 3.71. The van der Waals surface area contributed by atoms with Crippen molar-refractivity contribution in [1.29, 1.82) is 0 Å². The number of carbonyl (C=O) groups excluding carboxylic acids is 1. The molecule has 1 heterocycles. The number of rotatable bonds is 4. The van der Waals surface area contributed by atoms with Gasteiger partial charge in [0.05, 0.1) is 12.7 Å². The van der Waals surface area contributed by atoms with E-state index in [0.717, 1.165) is 21.4 Å². The van der Waals surface area contributed by atoms with Crippen molar-refractivity contribution in [2.45, 2.75) is 6.54 Å². The number of imidazole rings is 1. The van der Waals surface area contributed by atoms with E-state index in [1.807, 2.05) is 48.7 Å². The second-order valence-electron chi connectivity index (χ2n) is 5.08. The van der Waals surface area contributed by atoms with Crippen molar-refractivity contribution >= 4 is 21.9 Å². The van der Waals surface area contributed by atoms with Crippen LogP contribution in [0.2, 0.25) is 0 Å². The predicted molar refractivity (Wildman–Crippen MR) is 92.2 cm³/mol. The zero-order valence-corrected chi connectivity index (χ0v) is 14.2. The summed E-state index contributed by atoms with van der Waals surface area (Å²) in [5, 5.41) is 0. The molecule has 2 aromatic carbocycles. The number of esters is 1. The Kier molecular flexibility index (Phi) is 4.57. The van der Waals surface area contributed by atoms with E-state index < -0.39 is 0 Å². The van der Waals surface area contributed by atoms with E-state index in [4.69, 9.17) is 4.74 Å². The highest BCUT2D eigenvalue weighted by molar-refractivity contribution is 9.10. The summed E-state index contributed by atoms with van der Waals surface area (Å²) in [7, 11) is 1.39. The summed E-state index contributed by atoms with van der Waals surface area (Å²) in [6.45, 7) is 0.635. The molecule has 116 valence electrons. The number of nitrogens with zero attached hydrogens (tertiary/aromatic N) is 2. The lowest BCUT2D eigenvalue weighted by Gasteiger charge is -2.09. The van der Waals surface area contributed by atoms with Gasteiger partial charge in [0.25, 0.3) is 0 Å². The van der Waals surface area contributed by atoms with Gasteiger partial charge in [-0.15, -0.1) is 0 Å². The Bertz CT molecular complexity index is 825. The molecule has 0 aliphatic rings. The van der Waals surface area contributed by atoms with Gasteiger partial charge in [0.1, 0.15) is 5.82 Å². The van der Waals surface area contributed by atoms with Crippen LogP contribution in [0.25, 0.3) is 11.4 Å². The first kappa shape index (κ1) is 15.5.